The second-order valence-corrected chi connectivity index (χ2v) is 13.0. The van der Waals surface area contributed by atoms with Crippen LogP contribution < -0.4 is 4.90 Å². The second kappa shape index (κ2) is 10.8. The highest BCUT2D eigenvalue weighted by Gasteiger charge is 2.40. The maximum absolute atomic E-state index is 14.4. The molecule has 1 unspecified atom stereocenters. The summed E-state index contributed by atoms with van der Waals surface area (Å²) in [4.78, 5) is 30.9. The maximum Gasteiger partial charge on any atom is 0.242 e. The van der Waals surface area contributed by atoms with Crippen molar-refractivity contribution in [1.29, 1.82) is 0 Å². The summed E-state index contributed by atoms with van der Waals surface area (Å²) in [6, 6.07) is 14.6. The minimum atomic E-state index is -0.363. The third kappa shape index (κ3) is 5.62. The van der Waals surface area contributed by atoms with E-state index in [1.54, 1.807) is 11.0 Å². The van der Waals surface area contributed by atoms with E-state index in [2.05, 4.69) is 27.7 Å². The monoisotopic (exact) mass is 548 g/mol. The van der Waals surface area contributed by atoms with Crippen LogP contribution in [-0.4, -0.2) is 51.9 Å². The zero-order valence-corrected chi connectivity index (χ0v) is 24.2. The van der Waals surface area contributed by atoms with E-state index in [1.165, 1.54) is 23.9 Å². The van der Waals surface area contributed by atoms with E-state index in [1.807, 2.05) is 46.8 Å². The van der Waals surface area contributed by atoms with Gasteiger partial charge in [0, 0.05) is 24.1 Å². The molecule has 1 saturated heterocycles. The lowest BCUT2D eigenvalue weighted by molar-refractivity contribution is -0.132. The van der Waals surface area contributed by atoms with Crippen molar-refractivity contribution in [3.8, 4) is 5.69 Å². The quantitative estimate of drug-likeness (QED) is 0.399. The van der Waals surface area contributed by atoms with Gasteiger partial charge in [-0.2, -0.15) is 5.10 Å². The van der Waals surface area contributed by atoms with E-state index in [0.717, 1.165) is 40.9 Å². The lowest BCUT2D eigenvalue weighted by Gasteiger charge is -2.32. The van der Waals surface area contributed by atoms with E-state index in [-0.39, 0.29) is 40.6 Å². The van der Waals surface area contributed by atoms with Gasteiger partial charge < -0.3 is 4.90 Å². The molecule has 0 spiro atoms. The Morgan fingerprint density at radius 2 is 1.79 bits per heavy atom. The van der Waals surface area contributed by atoms with Gasteiger partial charge in [-0.15, -0.1) is 11.8 Å². The van der Waals surface area contributed by atoms with Crippen molar-refractivity contribution < 1.29 is 14.0 Å². The molecule has 3 heterocycles. The van der Waals surface area contributed by atoms with Gasteiger partial charge in [0.05, 0.1) is 22.4 Å². The third-order valence-corrected chi connectivity index (χ3v) is 8.91. The van der Waals surface area contributed by atoms with Crippen LogP contribution in [0.2, 0.25) is 0 Å². The summed E-state index contributed by atoms with van der Waals surface area (Å²) >= 11 is 1.47. The fraction of sp³-hybridized carbons (Fsp3) is 0.452. The van der Waals surface area contributed by atoms with Crippen LogP contribution in [0.3, 0.4) is 0 Å². The Bertz CT molecular complexity index is 1370. The summed E-state index contributed by atoms with van der Waals surface area (Å²) in [5.74, 6) is 0.863. The van der Waals surface area contributed by atoms with Crippen molar-refractivity contribution in [3.05, 3.63) is 76.7 Å². The minimum absolute atomic E-state index is 0.0439. The number of thioether (sulfide) groups is 1. The average Bonchev–Trinajstić information content (AvgIpc) is 3.22. The van der Waals surface area contributed by atoms with Crippen LogP contribution in [-0.2, 0) is 15.0 Å². The summed E-state index contributed by atoms with van der Waals surface area (Å²) in [5, 5.41) is 4.79. The normalized spacial score (nSPS) is 18.7. The molecule has 1 atom stereocenters. The minimum Gasteiger partial charge on any atom is -0.341 e. The van der Waals surface area contributed by atoms with E-state index in [4.69, 9.17) is 5.10 Å². The van der Waals surface area contributed by atoms with E-state index >= 15 is 0 Å². The predicted octanol–water partition coefficient (Wildman–Crippen LogP) is 6.05. The Labute approximate surface area is 234 Å². The first-order valence-electron chi connectivity index (χ1n) is 13.7. The Hall–Kier alpha value is -3.13. The van der Waals surface area contributed by atoms with Gasteiger partial charge in [0.2, 0.25) is 11.8 Å². The van der Waals surface area contributed by atoms with E-state index in [0.29, 0.717) is 24.8 Å². The summed E-state index contributed by atoms with van der Waals surface area (Å²) in [7, 11) is 0. The van der Waals surface area contributed by atoms with E-state index < -0.39 is 0 Å². The van der Waals surface area contributed by atoms with E-state index in [9.17, 15) is 14.0 Å². The summed E-state index contributed by atoms with van der Waals surface area (Å²) in [5.41, 5.74) is 4.04. The number of rotatable bonds is 4. The molecule has 8 heteroatoms. The SMILES string of the molecule is Cc1ccc(-n2nc(C(C)(C)C)c3c2N(CC(=O)N2CCC(C)CC2)C(=O)CSC3c2cccc(F)c2)cc1. The number of carbonyl (C=O) groups excluding carboxylic acids is 2. The molecule has 1 fully saturated rings. The smallest absolute Gasteiger partial charge is 0.242 e. The van der Waals surface area contributed by atoms with Gasteiger partial charge in [0.1, 0.15) is 18.2 Å². The van der Waals surface area contributed by atoms with Gasteiger partial charge in [-0.05, 0) is 55.5 Å². The fourth-order valence-electron chi connectivity index (χ4n) is 5.37. The van der Waals surface area contributed by atoms with Crippen molar-refractivity contribution in [2.75, 3.05) is 30.3 Å². The van der Waals surface area contributed by atoms with Crippen LogP contribution in [0.5, 0.6) is 0 Å². The molecule has 0 N–H and O–H groups in total. The number of anilines is 1. The van der Waals surface area contributed by atoms with Gasteiger partial charge in [-0.3, -0.25) is 14.5 Å². The van der Waals surface area contributed by atoms with Crippen LogP contribution in [0.4, 0.5) is 10.2 Å². The van der Waals surface area contributed by atoms with Crippen molar-refractivity contribution in [3.63, 3.8) is 0 Å². The van der Waals surface area contributed by atoms with Crippen LogP contribution in [0.1, 0.15) is 68.2 Å². The standard InChI is InChI=1S/C31H37FN4O2S/c1-20-9-11-24(12-10-20)36-30-27(29(33-36)31(3,4)5)28(22-7-6-8-23(32)17-22)39-19-26(38)35(30)18-25(37)34-15-13-21(2)14-16-34/h6-12,17,21,28H,13-16,18-19H2,1-5H3. The molecular formula is C31H37FN4O2S. The summed E-state index contributed by atoms with van der Waals surface area (Å²) in [6.45, 7) is 11.9. The molecule has 2 amide bonds. The number of fused-ring (bicyclic) bond motifs is 1. The molecule has 0 radical (unpaired) electrons. The lowest BCUT2D eigenvalue weighted by atomic mass is 9.87. The highest BCUT2D eigenvalue weighted by atomic mass is 32.2. The molecule has 2 aliphatic rings. The molecule has 2 aromatic carbocycles. The largest absolute Gasteiger partial charge is 0.341 e. The van der Waals surface area contributed by atoms with Crippen LogP contribution in [0, 0.1) is 18.7 Å². The number of benzene rings is 2. The Morgan fingerprint density at radius 1 is 1.10 bits per heavy atom. The first-order chi connectivity index (χ1) is 18.5. The van der Waals surface area contributed by atoms with Gasteiger partial charge in [0.25, 0.3) is 0 Å². The number of hydrogen-bond donors (Lipinski definition) is 0. The molecule has 1 aromatic heterocycles. The molecule has 5 rings (SSSR count). The van der Waals surface area contributed by atoms with Gasteiger partial charge in [-0.1, -0.05) is 57.5 Å². The molecule has 206 valence electrons. The number of carbonyl (C=O) groups is 2. The zero-order chi connectivity index (χ0) is 27.9. The average molecular weight is 549 g/mol. The molecule has 0 saturated carbocycles. The number of aromatic nitrogens is 2. The lowest BCUT2D eigenvalue weighted by Crippen LogP contribution is -2.46. The summed E-state index contributed by atoms with van der Waals surface area (Å²) in [6.07, 6.45) is 1.94. The molecule has 3 aromatic rings. The Balaban J connectivity index is 1.70. The van der Waals surface area contributed by atoms with Crippen LogP contribution in [0.15, 0.2) is 48.5 Å². The van der Waals surface area contributed by atoms with Crippen molar-refractivity contribution in [2.24, 2.45) is 5.92 Å². The van der Waals surface area contributed by atoms with Crippen molar-refractivity contribution in [2.45, 2.75) is 58.1 Å². The summed E-state index contributed by atoms with van der Waals surface area (Å²) < 4.78 is 16.3. The van der Waals surface area contributed by atoms with Gasteiger partial charge in [0.15, 0.2) is 0 Å². The number of piperidine rings is 1. The number of nitrogens with zero attached hydrogens (tertiary/aromatic N) is 4. The van der Waals surface area contributed by atoms with Crippen molar-refractivity contribution in [1.82, 2.24) is 14.7 Å². The third-order valence-electron chi connectivity index (χ3n) is 7.66. The fourth-order valence-corrected chi connectivity index (χ4v) is 6.55. The molecule has 0 bridgehead atoms. The van der Waals surface area contributed by atoms with Crippen LogP contribution >= 0.6 is 11.8 Å². The van der Waals surface area contributed by atoms with Gasteiger partial charge >= 0.3 is 0 Å². The predicted molar refractivity (Wildman–Crippen MR) is 155 cm³/mol. The molecule has 0 aliphatic carbocycles. The maximum atomic E-state index is 14.4. The van der Waals surface area contributed by atoms with Gasteiger partial charge in [-0.25, -0.2) is 9.07 Å². The molecule has 2 aliphatic heterocycles. The Morgan fingerprint density at radius 3 is 2.44 bits per heavy atom. The molecule has 39 heavy (non-hydrogen) atoms. The number of aryl methyl sites for hydroxylation is 1. The number of likely N-dealkylation sites (tertiary alicyclic amines) is 1. The topological polar surface area (TPSA) is 58.4 Å². The molecular weight excluding hydrogens is 511 g/mol. The highest BCUT2D eigenvalue weighted by Crippen LogP contribution is 2.48. The second-order valence-electron chi connectivity index (χ2n) is 11.9. The zero-order valence-electron chi connectivity index (χ0n) is 23.4. The number of amides is 2. The van der Waals surface area contributed by atoms with Crippen LogP contribution in [0.25, 0.3) is 5.69 Å². The molecule has 6 nitrogen and oxygen atoms in total. The first-order valence-corrected chi connectivity index (χ1v) is 14.7. The first kappa shape index (κ1) is 27.4. The Kier molecular flexibility index (Phi) is 7.60. The highest BCUT2D eigenvalue weighted by molar-refractivity contribution is 8.00. The van der Waals surface area contributed by atoms with Crippen molar-refractivity contribution >= 4 is 29.4 Å². The number of halogens is 1. The number of hydrogen-bond acceptors (Lipinski definition) is 4.